The predicted molar refractivity (Wildman–Crippen MR) is 81.0 cm³/mol. The van der Waals surface area contributed by atoms with E-state index in [9.17, 15) is 5.21 Å². The highest BCUT2D eigenvalue weighted by Gasteiger charge is 2.12. The lowest BCUT2D eigenvalue weighted by molar-refractivity contribution is 0.296. The molecule has 0 spiro atoms. The molecule has 4 heteroatoms. The van der Waals surface area contributed by atoms with Gasteiger partial charge < -0.3 is 0 Å². The van der Waals surface area contributed by atoms with Crippen LogP contribution in [0.3, 0.4) is 0 Å². The van der Waals surface area contributed by atoms with E-state index in [0.29, 0.717) is 5.69 Å². The van der Waals surface area contributed by atoms with Crippen molar-refractivity contribution in [1.82, 2.24) is 0 Å². The number of aliphatic imine (C=N–C) groups is 1. The van der Waals surface area contributed by atoms with Crippen molar-refractivity contribution in [2.24, 2.45) is 4.99 Å². The zero-order valence-electron chi connectivity index (χ0n) is 9.99. The summed E-state index contributed by atoms with van der Waals surface area (Å²) in [7, 11) is 0. The predicted octanol–water partition coefficient (Wildman–Crippen LogP) is 4.40. The molecule has 0 unspecified atom stereocenters. The van der Waals surface area contributed by atoms with Gasteiger partial charge in [0.1, 0.15) is 0 Å². The molecule has 0 saturated heterocycles. The normalized spacial score (nSPS) is 14.7. The van der Waals surface area contributed by atoms with Crippen LogP contribution in [-0.4, -0.2) is 11.4 Å². The maximum absolute atomic E-state index is 10.1. The Morgan fingerprint density at radius 1 is 1.05 bits per heavy atom. The van der Waals surface area contributed by atoms with E-state index in [-0.39, 0.29) is 0 Å². The molecule has 0 atom stereocenters. The summed E-state index contributed by atoms with van der Waals surface area (Å²) in [5.41, 5.74) is 3.55. The third kappa shape index (κ3) is 2.45. The van der Waals surface area contributed by atoms with Gasteiger partial charge in [0.15, 0.2) is 0 Å². The van der Waals surface area contributed by atoms with Gasteiger partial charge in [0.25, 0.3) is 0 Å². The van der Waals surface area contributed by atoms with E-state index in [1.807, 2.05) is 48.5 Å². The summed E-state index contributed by atoms with van der Waals surface area (Å²) >= 11 is 3.37. The molecule has 1 aliphatic heterocycles. The Labute approximate surface area is 119 Å². The van der Waals surface area contributed by atoms with Crippen molar-refractivity contribution in [3.8, 4) is 0 Å². The Morgan fingerprint density at radius 3 is 2.58 bits per heavy atom. The number of benzene rings is 2. The lowest BCUT2D eigenvalue weighted by atomic mass is 10.1. The van der Waals surface area contributed by atoms with Crippen molar-refractivity contribution >= 4 is 39.1 Å². The second-order valence-electron chi connectivity index (χ2n) is 4.18. The number of hydroxylamine groups is 1. The van der Waals surface area contributed by atoms with Crippen LogP contribution in [0.4, 0.5) is 11.4 Å². The van der Waals surface area contributed by atoms with E-state index < -0.39 is 0 Å². The highest BCUT2D eigenvalue weighted by Crippen LogP contribution is 2.31. The van der Waals surface area contributed by atoms with E-state index >= 15 is 0 Å². The molecule has 1 N–H and O–H groups in total. The van der Waals surface area contributed by atoms with Gasteiger partial charge in [-0.25, -0.2) is 5.06 Å². The first-order chi connectivity index (χ1) is 9.24. The molecule has 94 valence electrons. The fraction of sp³-hybridized carbons (Fsp3) is 0. The summed E-state index contributed by atoms with van der Waals surface area (Å²) < 4.78 is 0.977. The molecule has 2 aromatic carbocycles. The van der Waals surface area contributed by atoms with Crippen LogP contribution in [0.2, 0.25) is 0 Å². The van der Waals surface area contributed by atoms with Crippen LogP contribution in [-0.2, 0) is 0 Å². The summed E-state index contributed by atoms with van der Waals surface area (Å²) in [5, 5.41) is 11.2. The van der Waals surface area contributed by atoms with Crippen LogP contribution in [0.25, 0.3) is 5.57 Å². The van der Waals surface area contributed by atoms with E-state index in [2.05, 4.69) is 20.9 Å². The van der Waals surface area contributed by atoms with Crippen LogP contribution in [0.15, 0.2) is 64.2 Å². The van der Waals surface area contributed by atoms with E-state index in [0.717, 1.165) is 26.4 Å². The molecule has 0 saturated carbocycles. The number of halogens is 1. The quantitative estimate of drug-likeness (QED) is 0.834. The average Bonchev–Trinajstić information content (AvgIpc) is 2.83. The number of nitrogens with zero attached hydrogens (tertiary/aromatic N) is 2. The Bertz CT molecular complexity index is 662. The van der Waals surface area contributed by atoms with E-state index in [4.69, 9.17) is 0 Å². The Kier molecular flexibility index (Phi) is 3.19. The van der Waals surface area contributed by atoms with Gasteiger partial charge in [-0.2, -0.15) is 0 Å². The fourth-order valence-electron chi connectivity index (χ4n) is 1.94. The highest BCUT2D eigenvalue weighted by molar-refractivity contribution is 9.10. The zero-order valence-corrected chi connectivity index (χ0v) is 11.6. The third-order valence-electron chi connectivity index (χ3n) is 2.91. The Balaban J connectivity index is 1.91. The minimum atomic E-state index is 0.702. The first-order valence-electron chi connectivity index (χ1n) is 5.83. The Hall–Kier alpha value is -1.91. The minimum absolute atomic E-state index is 0.702. The van der Waals surface area contributed by atoms with Crippen molar-refractivity contribution in [1.29, 1.82) is 0 Å². The number of rotatable bonds is 2. The molecule has 1 heterocycles. The van der Waals surface area contributed by atoms with Crippen LogP contribution >= 0.6 is 15.9 Å². The van der Waals surface area contributed by atoms with Gasteiger partial charge in [0.05, 0.1) is 11.4 Å². The zero-order chi connectivity index (χ0) is 13.2. The third-order valence-corrected chi connectivity index (χ3v) is 3.44. The molecular weight excluding hydrogens is 304 g/mol. The molecule has 0 radical (unpaired) electrons. The molecule has 0 bridgehead atoms. The van der Waals surface area contributed by atoms with Gasteiger partial charge in [-0.1, -0.05) is 34.1 Å². The molecule has 3 rings (SSSR count). The molecule has 0 amide bonds. The molecular formula is C15H11BrN2O. The lowest BCUT2D eigenvalue weighted by Crippen LogP contribution is -2.09. The second-order valence-corrected chi connectivity index (χ2v) is 5.10. The van der Waals surface area contributed by atoms with Crippen molar-refractivity contribution < 1.29 is 5.21 Å². The summed E-state index contributed by atoms with van der Waals surface area (Å²) in [6.07, 6.45) is 3.42. The topological polar surface area (TPSA) is 35.8 Å². The van der Waals surface area contributed by atoms with Crippen LogP contribution in [0, 0.1) is 0 Å². The molecule has 19 heavy (non-hydrogen) atoms. The average molecular weight is 315 g/mol. The van der Waals surface area contributed by atoms with Crippen molar-refractivity contribution in [3.05, 3.63) is 64.8 Å². The number of para-hydroxylation sites is 1. The molecule has 0 aromatic heterocycles. The Morgan fingerprint density at radius 2 is 1.79 bits per heavy atom. The first kappa shape index (κ1) is 12.1. The molecule has 2 aromatic rings. The number of hydrogen-bond donors (Lipinski definition) is 1. The molecule has 0 fully saturated rings. The van der Waals surface area contributed by atoms with Gasteiger partial charge >= 0.3 is 0 Å². The van der Waals surface area contributed by atoms with Gasteiger partial charge in [0, 0.05) is 28.0 Å². The van der Waals surface area contributed by atoms with E-state index in [1.54, 1.807) is 12.4 Å². The maximum atomic E-state index is 10.1. The first-order valence-corrected chi connectivity index (χ1v) is 6.62. The van der Waals surface area contributed by atoms with Crippen molar-refractivity contribution in [3.63, 3.8) is 0 Å². The molecule has 3 nitrogen and oxygen atoms in total. The van der Waals surface area contributed by atoms with Gasteiger partial charge in [-0.3, -0.25) is 10.2 Å². The molecule has 1 aliphatic rings. The van der Waals surface area contributed by atoms with Crippen molar-refractivity contribution in [2.45, 2.75) is 0 Å². The molecule has 0 aliphatic carbocycles. The number of allylic oxidation sites excluding steroid dienone is 1. The van der Waals surface area contributed by atoms with Crippen LogP contribution < -0.4 is 5.06 Å². The monoisotopic (exact) mass is 314 g/mol. The standard InChI is InChI=1S/C15H11BrN2O/c16-12-5-7-13(8-6-12)18(19)10-11-9-17-15-4-2-1-3-14(11)15/h1-10,19H/b11-10-. The smallest absolute Gasteiger partial charge is 0.0709 e. The fourth-order valence-corrected chi connectivity index (χ4v) is 2.21. The number of fused-ring (bicyclic) bond motifs is 1. The maximum Gasteiger partial charge on any atom is 0.0709 e. The van der Waals surface area contributed by atoms with E-state index in [1.165, 1.54) is 0 Å². The summed E-state index contributed by atoms with van der Waals surface area (Å²) in [5.74, 6) is 0. The largest absolute Gasteiger partial charge is 0.284 e. The van der Waals surface area contributed by atoms with Gasteiger partial charge in [-0.05, 0) is 30.3 Å². The highest BCUT2D eigenvalue weighted by atomic mass is 79.9. The minimum Gasteiger partial charge on any atom is -0.284 e. The lowest BCUT2D eigenvalue weighted by Gasteiger charge is -2.13. The number of hydrogen-bond acceptors (Lipinski definition) is 3. The second kappa shape index (κ2) is 4.99. The van der Waals surface area contributed by atoms with Crippen molar-refractivity contribution in [2.75, 3.05) is 5.06 Å². The van der Waals surface area contributed by atoms with Gasteiger partial charge in [-0.15, -0.1) is 0 Å². The number of anilines is 1. The summed E-state index contributed by atoms with van der Waals surface area (Å²) in [4.78, 5) is 4.30. The SMILES string of the molecule is ON(/C=C1/C=Nc2ccccc21)c1ccc(Br)cc1. The summed E-state index contributed by atoms with van der Waals surface area (Å²) in [6, 6.07) is 15.3. The van der Waals surface area contributed by atoms with Crippen LogP contribution in [0.5, 0.6) is 0 Å². The van der Waals surface area contributed by atoms with Gasteiger partial charge in [0.2, 0.25) is 0 Å². The summed E-state index contributed by atoms with van der Waals surface area (Å²) in [6.45, 7) is 0. The van der Waals surface area contributed by atoms with Crippen LogP contribution in [0.1, 0.15) is 5.56 Å².